The van der Waals surface area contributed by atoms with E-state index in [1.165, 1.54) is 11.8 Å². The van der Waals surface area contributed by atoms with Crippen LogP contribution in [0.5, 0.6) is 0 Å². The molecular weight excluding hydrogens is 332 g/mol. The summed E-state index contributed by atoms with van der Waals surface area (Å²) in [6.45, 7) is 0. The van der Waals surface area contributed by atoms with Crippen molar-refractivity contribution in [1.82, 2.24) is 9.97 Å². The molecule has 7 heteroatoms. The van der Waals surface area contributed by atoms with Gasteiger partial charge in [-0.1, -0.05) is 36.2 Å². The number of aromatic nitrogens is 2. The van der Waals surface area contributed by atoms with E-state index in [1.54, 1.807) is 6.20 Å². The largest absolute Gasteiger partial charge is 0.391 e. The lowest BCUT2D eigenvalue weighted by Gasteiger charge is -2.29. The molecule has 0 amide bonds. The van der Waals surface area contributed by atoms with Gasteiger partial charge in [-0.2, -0.15) is 4.98 Å². The number of nitrogens with zero attached hydrogens (tertiary/aromatic N) is 2. The van der Waals surface area contributed by atoms with Crippen LogP contribution in [0.1, 0.15) is 25.7 Å². The maximum Gasteiger partial charge on any atom is 0.221 e. The number of rotatable bonds is 4. The van der Waals surface area contributed by atoms with E-state index in [1.807, 2.05) is 24.3 Å². The number of anilines is 2. The average molecular weight is 351 g/mol. The summed E-state index contributed by atoms with van der Waals surface area (Å²) < 4.78 is 0. The summed E-state index contributed by atoms with van der Waals surface area (Å²) in [6.07, 6.45) is 5.27. The highest BCUT2D eigenvalue weighted by Gasteiger charge is 2.24. The number of nitrogens with two attached hydrogens (primary N) is 1. The minimum atomic E-state index is -0.353. The zero-order valence-corrected chi connectivity index (χ0v) is 14.1. The van der Waals surface area contributed by atoms with Crippen molar-refractivity contribution in [3.05, 3.63) is 35.5 Å². The van der Waals surface area contributed by atoms with Crippen LogP contribution in [0.25, 0.3) is 0 Å². The molecule has 2 atom stereocenters. The average Bonchev–Trinajstić information content (AvgIpc) is 2.54. The Kier molecular flexibility index (Phi) is 5.25. The minimum absolute atomic E-state index is 0.00242. The summed E-state index contributed by atoms with van der Waals surface area (Å²) in [6, 6.07) is 7.59. The molecule has 2 aromatic rings. The monoisotopic (exact) mass is 350 g/mol. The third-order valence-corrected chi connectivity index (χ3v) is 5.15. The zero-order chi connectivity index (χ0) is 16.2. The molecule has 23 heavy (non-hydrogen) atoms. The molecule has 0 aliphatic heterocycles. The first-order chi connectivity index (χ1) is 11.1. The summed E-state index contributed by atoms with van der Waals surface area (Å²) in [5, 5.41) is 14.2. The van der Waals surface area contributed by atoms with E-state index in [4.69, 9.17) is 17.3 Å². The first-order valence-corrected chi connectivity index (χ1v) is 8.82. The van der Waals surface area contributed by atoms with Crippen molar-refractivity contribution < 1.29 is 5.11 Å². The summed E-state index contributed by atoms with van der Waals surface area (Å²) in [5.74, 6) is 0.890. The number of halogens is 1. The third-order valence-electron chi connectivity index (χ3n) is 3.87. The van der Waals surface area contributed by atoms with E-state index in [2.05, 4.69) is 15.3 Å². The fraction of sp³-hybridized carbons (Fsp3) is 0.375. The normalized spacial score (nSPS) is 21.1. The third kappa shape index (κ3) is 4.28. The number of aliphatic hydroxyl groups is 1. The van der Waals surface area contributed by atoms with Crippen LogP contribution in [0.4, 0.5) is 11.8 Å². The smallest absolute Gasteiger partial charge is 0.221 e. The van der Waals surface area contributed by atoms with Gasteiger partial charge in [0.15, 0.2) is 0 Å². The predicted molar refractivity (Wildman–Crippen MR) is 93.9 cm³/mol. The van der Waals surface area contributed by atoms with Crippen LogP contribution in [-0.2, 0) is 0 Å². The van der Waals surface area contributed by atoms with Crippen molar-refractivity contribution in [2.24, 2.45) is 0 Å². The van der Waals surface area contributed by atoms with Crippen molar-refractivity contribution >= 4 is 35.1 Å². The highest BCUT2D eigenvalue weighted by Crippen LogP contribution is 2.34. The first-order valence-electron chi connectivity index (χ1n) is 7.62. The molecule has 0 saturated heterocycles. The summed E-state index contributed by atoms with van der Waals surface area (Å²) in [5.41, 5.74) is 5.73. The minimum Gasteiger partial charge on any atom is -0.391 e. The fourth-order valence-electron chi connectivity index (χ4n) is 2.65. The maximum absolute atomic E-state index is 10.2. The molecule has 0 radical (unpaired) electrons. The molecule has 122 valence electrons. The van der Waals surface area contributed by atoms with Gasteiger partial charge in [0, 0.05) is 16.1 Å². The second kappa shape index (κ2) is 7.38. The lowest BCUT2D eigenvalue weighted by molar-refractivity contribution is 0.116. The Hall–Kier alpha value is -1.50. The maximum atomic E-state index is 10.2. The lowest BCUT2D eigenvalue weighted by Crippen LogP contribution is -2.36. The van der Waals surface area contributed by atoms with Crippen LogP contribution in [0.15, 0.2) is 40.3 Å². The predicted octanol–water partition coefficient (Wildman–Crippen LogP) is 3.58. The van der Waals surface area contributed by atoms with E-state index in [9.17, 15) is 5.11 Å². The van der Waals surface area contributed by atoms with Crippen LogP contribution >= 0.6 is 23.4 Å². The van der Waals surface area contributed by atoms with Crippen LogP contribution in [0, 0.1) is 0 Å². The zero-order valence-electron chi connectivity index (χ0n) is 12.6. The SMILES string of the molecule is Nc1ncc(Sc2ccc(Cl)cc2)c(N[C@@H]2CCCC[C@@H]2O)n1. The van der Waals surface area contributed by atoms with Crippen LogP contribution in [0.2, 0.25) is 5.02 Å². The number of nitrogen functional groups attached to an aromatic ring is 1. The Morgan fingerprint density at radius 3 is 2.70 bits per heavy atom. The van der Waals surface area contributed by atoms with Gasteiger partial charge in [-0.15, -0.1) is 0 Å². The van der Waals surface area contributed by atoms with E-state index in [-0.39, 0.29) is 18.1 Å². The summed E-state index contributed by atoms with van der Waals surface area (Å²) in [7, 11) is 0. The van der Waals surface area contributed by atoms with E-state index in [0.29, 0.717) is 10.8 Å². The standard InChI is InChI=1S/C16H19ClN4OS/c17-10-5-7-11(8-6-10)23-14-9-19-16(18)21-15(14)20-12-3-1-2-4-13(12)22/h5-9,12-13,22H,1-4H2,(H3,18,19,20,21)/t12-,13+/m1/s1. The van der Waals surface area contributed by atoms with E-state index in [0.717, 1.165) is 35.5 Å². The molecule has 1 heterocycles. The number of benzene rings is 1. The van der Waals surface area contributed by atoms with Gasteiger partial charge in [-0.25, -0.2) is 4.98 Å². The Balaban J connectivity index is 1.81. The van der Waals surface area contributed by atoms with Gasteiger partial charge in [0.2, 0.25) is 5.95 Å². The molecule has 1 aliphatic carbocycles. The van der Waals surface area contributed by atoms with Gasteiger partial charge in [0.25, 0.3) is 0 Å². The Bertz CT molecular complexity index is 668. The van der Waals surface area contributed by atoms with E-state index < -0.39 is 0 Å². The molecule has 3 rings (SSSR count). The van der Waals surface area contributed by atoms with Gasteiger partial charge in [-0.3, -0.25) is 0 Å². The van der Waals surface area contributed by atoms with Gasteiger partial charge < -0.3 is 16.2 Å². The number of hydrogen-bond donors (Lipinski definition) is 3. The second-order valence-electron chi connectivity index (χ2n) is 5.60. The van der Waals surface area contributed by atoms with Crippen molar-refractivity contribution in [1.29, 1.82) is 0 Å². The van der Waals surface area contributed by atoms with Crippen molar-refractivity contribution in [3.8, 4) is 0 Å². The number of hydrogen-bond acceptors (Lipinski definition) is 6. The van der Waals surface area contributed by atoms with Crippen LogP contribution < -0.4 is 11.1 Å². The lowest BCUT2D eigenvalue weighted by atomic mass is 9.93. The molecule has 1 fully saturated rings. The molecule has 0 bridgehead atoms. The van der Waals surface area contributed by atoms with Crippen LogP contribution in [-0.4, -0.2) is 27.2 Å². The fourth-order valence-corrected chi connectivity index (χ4v) is 3.61. The molecule has 1 aromatic carbocycles. The highest BCUT2D eigenvalue weighted by atomic mass is 35.5. The van der Waals surface area contributed by atoms with Gasteiger partial charge in [-0.05, 0) is 37.1 Å². The van der Waals surface area contributed by atoms with Crippen molar-refractivity contribution in [2.75, 3.05) is 11.1 Å². The highest BCUT2D eigenvalue weighted by molar-refractivity contribution is 7.99. The second-order valence-corrected chi connectivity index (χ2v) is 7.15. The Morgan fingerprint density at radius 2 is 1.96 bits per heavy atom. The number of aliphatic hydroxyl groups excluding tert-OH is 1. The van der Waals surface area contributed by atoms with Gasteiger partial charge in [0.1, 0.15) is 5.82 Å². The van der Waals surface area contributed by atoms with Gasteiger partial charge in [0.05, 0.1) is 17.0 Å². The molecule has 4 N–H and O–H groups in total. The quantitative estimate of drug-likeness (QED) is 0.781. The molecule has 1 aromatic heterocycles. The molecule has 0 unspecified atom stereocenters. The summed E-state index contributed by atoms with van der Waals surface area (Å²) >= 11 is 7.46. The molecule has 5 nitrogen and oxygen atoms in total. The Labute approximate surface area is 144 Å². The topological polar surface area (TPSA) is 84.1 Å². The molecular formula is C16H19ClN4OS. The van der Waals surface area contributed by atoms with Crippen molar-refractivity contribution in [3.63, 3.8) is 0 Å². The van der Waals surface area contributed by atoms with Crippen molar-refractivity contribution in [2.45, 2.75) is 47.6 Å². The van der Waals surface area contributed by atoms with Gasteiger partial charge >= 0.3 is 0 Å². The van der Waals surface area contributed by atoms with E-state index >= 15 is 0 Å². The number of nitrogens with one attached hydrogen (secondary N) is 1. The Morgan fingerprint density at radius 1 is 1.22 bits per heavy atom. The molecule has 1 saturated carbocycles. The van der Waals surface area contributed by atoms with Crippen LogP contribution in [0.3, 0.4) is 0 Å². The summed E-state index contributed by atoms with van der Waals surface area (Å²) in [4.78, 5) is 10.3. The molecule has 1 aliphatic rings. The first kappa shape index (κ1) is 16.4. The molecule has 0 spiro atoms.